The second-order valence-electron chi connectivity index (χ2n) is 10.1. The Balaban J connectivity index is 1.43. The van der Waals surface area contributed by atoms with Crippen LogP contribution in [-0.4, -0.2) is 0 Å². The Morgan fingerprint density at radius 1 is 0.750 bits per heavy atom. The maximum atomic E-state index is 12.9. The number of hydrogen-bond donors (Lipinski definition) is 0. The van der Waals surface area contributed by atoms with Crippen molar-refractivity contribution in [3.8, 4) is 0 Å². The molecule has 0 spiro atoms. The van der Waals surface area contributed by atoms with Crippen LogP contribution in [0.3, 0.4) is 0 Å². The Hall–Kier alpha value is -1.04. The van der Waals surface area contributed by atoms with Crippen molar-refractivity contribution >= 4 is 15.8 Å². The summed E-state index contributed by atoms with van der Waals surface area (Å²) in [7, 11) is -9.59. The van der Waals surface area contributed by atoms with Gasteiger partial charge in [-0.25, -0.2) is 0 Å². The average Bonchev–Trinajstić information content (AvgIpc) is 2.75. The molecule has 0 N–H and O–H groups in total. The maximum Gasteiger partial charge on any atom is 0.310 e. The van der Waals surface area contributed by atoms with E-state index in [9.17, 15) is 19.4 Å². The fraction of sp³-hybridized carbons (Fsp3) is 0.692. The highest BCUT2D eigenvalue weighted by Gasteiger charge is 2.65. The van der Waals surface area contributed by atoms with Crippen molar-refractivity contribution in [2.75, 3.05) is 0 Å². The van der Waals surface area contributed by atoms with Gasteiger partial charge < -0.3 is 0 Å². The minimum atomic E-state index is -9.59. The van der Waals surface area contributed by atoms with Crippen LogP contribution < -0.4 is 0 Å². The number of unbranched alkanes of at least 4 members (excludes halogenated alkanes) is 5. The fourth-order valence-corrected chi connectivity index (χ4v) is 6.28. The van der Waals surface area contributed by atoms with Crippen molar-refractivity contribution in [1.29, 1.82) is 0 Å². The lowest BCUT2D eigenvalue weighted by atomic mass is 9.70. The Kier molecular flexibility index (Phi) is 7.73. The van der Waals surface area contributed by atoms with Crippen LogP contribution >= 0.6 is 10.2 Å². The van der Waals surface area contributed by atoms with E-state index >= 15 is 0 Å². The molecule has 0 bridgehead atoms. The Morgan fingerprint density at radius 2 is 1.38 bits per heavy atom. The molecule has 0 radical (unpaired) electrons. The first kappa shape index (κ1) is 25.6. The molecule has 1 aromatic rings. The molecule has 1 atom stereocenters. The van der Waals surface area contributed by atoms with Crippen molar-refractivity contribution in [1.82, 2.24) is 0 Å². The predicted molar refractivity (Wildman–Crippen MR) is 127 cm³/mol. The minimum Gasteiger partial charge on any atom is -0.0936 e. The Labute approximate surface area is 190 Å². The van der Waals surface area contributed by atoms with Crippen LogP contribution in [-0.2, 0) is 0 Å². The first-order valence-electron chi connectivity index (χ1n) is 12.5. The summed E-state index contributed by atoms with van der Waals surface area (Å²) in [6, 6.07) is 3.48. The van der Waals surface area contributed by atoms with Gasteiger partial charge in [0.25, 0.3) is 0 Å². The lowest BCUT2D eigenvalue weighted by molar-refractivity contribution is 0.187. The zero-order chi connectivity index (χ0) is 23.3. The SMILES string of the molecule is CCCCCCCCC1CCC(C2CC=C(c3ccc(S(F)(F)(F)(F)F)cc3)CC2)CC1. The topological polar surface area (TPSA) is 0 Å². The van der Waals surface area contributed by atoms with Crippen molar-refractivity contribution in [3.05, 3.63) is 35.9 Å². The monoisotopic (exact) mass is 478 g/mol. The normalized spacial score (nSPS) is 26.8. The van der Waals surface area contributed by atoms with Crippen molar-refractivity contribution in [2.45, 2.75) is 102 Å². The molecule has 2 aliphatic carbocycles. The molecule has 3 rings (SSSR count). The quantitative estimate of drug-likeness (QED) is 0.232. The van der Waals surface area contributed by atoms with Gasteiger partial charge in [-0.05, 0) is 73.1 Å². The molecular weight excluding hydrogens is 439 g/mol. The molecular formula is C26H39F5S. The number of rotatable bonds is 10. The lowest BCUT2D eigenvalue weighted by Crippen LogP contribution is -2.23. The van der Waals surface area contributed by atoms with Gasteiger partial charge in [0.1, 0.15) is 4.90 Å². The van der Waals surface area contributed by atoms with Gasteiger partial charge in [-0.2, -0.15) is 0 Å². The molecule has 1 fully saturated rings. The van der Waals surface area contributed by atoms with Crippen LogP contribution in [0.15, 0.2) is 35.2 Å². The summed E-state index contributed by atoms with van der Waals surface area (Å²) in [5, 5.41) is 0. The van der Waals surface area contributed by atoms with E-state index < -0.39 is 15.1 Å². The van der Waals surface area contributed by atoms with E-state index in [0.717, 1.165) is 36.7 Å². The third-order valence-electron chi connectivity index (χ3n) is 7.65. The van der Waals surface area contributed by atoms with Crippen LogP contribution in [0.2, 0.25) is 0 Å². The van der Waals surface area contributed by atoms with Gasteiger partial charge in [0.2, 0.25) is 0 Å². The molecule has 1 unspecified atom stereocenters. The van der Waals surface area contributed by atoms with Crippen LogP contribution in [0.1, 0.15) is 102 Å². The van der Waals surface area contributed by atoms with Gasteiger partial charge in [0.15, 0.2) is 0 Å². The van der Waals surface area contributed by atoms with Gasteiger partial charge in [-0.3, -0.25) is 0 Å². The highest BCUT2D eigenvalue weighted by molar-refractivity contribution is 8.45. The molecule has 1 saturated carbocycles. The molecule has 0 aromatic heterocycles. The molecule has 1 aromatic carbocycles. The van der Waals surface area contributed by atoms with E-state index in [-0.39, 0.29) is 0 Å². The maximum absolute atomic E-state index is 12.9. The number of halogens is 5. The second-order valence-corrected chi connectivity index (χ2v) is 12.5. The van der Waals surface area contributed by atoms with E-state index in [1.807, 2.05) is 0 Å². The largest absolute Gasteiger partial charge is 0.310 e. The molecule has 2 aliphatic rings. The van der Waals surface area contributed by atoms with Crippen LogP contribution in [0.4, 0.5) is 19.4 Å². The van der Waals surface area contributed by atoms with Gasteiger partial charge in [-0.1, -0.05) is 102 Å². The zero-order valence-corrected chi connectivity index (χ0v) is 20.1. The third kappa shape index (κ3) is 7.50. The van der Waals surface area contributed by atoms with Gasteiger partial charge in [0, 0.05) is 0 Å². The average molecular weight is 479 g/mol. The molecule has 0 aliphatic heterocycles. The Bertz CT molecular complexity index is 758. The summed E-state index contributed by atoms with van der Waals surface area (Å²) in [6.45, 7) is 2.25. The Morgan fingerprint density at radius 3 is 1.94 bits per heavy atom. The first-order valence-corrected chi connectivity index (χ1v) is 14.4. The molecule has 0 amide bonds. The molecule has 184 valence electrons. The summed E-state index contributed by atoms with van der Waals surface area (Å²) in [5.41, 5.74) is 1.63. The second kappa shape index (κ2) is 9.68. The standard InChI is InChI=1S/C26H39F5S/c1-2-3-4-5-6-7-8-21-9-11-22(12-10-21)23-13-15-24(16-14-23)25-17-19-26(20-18-25)32(27,28,29,30)31/h15,17-23H,2-14,16H2,1H3. The lowest BCUT2D eigenvalue weighted by Gasteiger charge is -2.40. The summed E-state index contributed by atoms with van der Waals surface area (Å²) >= 11 is 0. The molecule has 0 saturated heterocycles. The summed E-state index contributed by atoms with van der Waals surface area (Å²) in [6.07, 6.45) is 19.7. The van der Waals surface area contributed by atoms with Crippen LogP contribution in [0.25, 0.3) is 5.57 Å². The van der Waals surface area contributed by atoms with E-state index in [4.69, 9.17) is 0 Å². The number of allylic oxidation sites excluding steroid dienone is 2. The van der Waals surface area contributed by atoms with E-state index in [1.165, 1.54) is 82.8 Å². The third-order valence-corrected chi connectivity index (χ3v) is 8.81. The van der Waals surface area contributed by atoms with Gasteiger partial charge in [-0.15, -0.1) is 0 Å². The van der Waals surface area contributed by atoms with E-state index in [2.05, 4.69) is 13.0 Å². The molecule has 0 nitrogen and oxygen atoms in total. The number of hydrogen-bond acceptors (Lipinski definition) is 0. The summed E-state index contributed by atoms with van der Waals surface area (Å²) in [4.78, 5) is -1.80. The molecule has 32 heavy (non-hydrogen) atoms. The minimum absolute atomic E-state index is 0.537. The van der Waals surface area contributed by atoms with Crippen molar-refractivity contribution in [3.63, 3.8) is 0 Å². The highest BCUT2D eigenvalue weighted by atomic mass is 32.5. The molecule has 0 heterocycles. The van der Waals surface area contributed by atoms with Gasteiger partial charge >= 0.3 is 10.2 Å². The summed E-state index contributed by atoms with van der Waals surface area (Å²) in [5.74, 6) is 2.29. The van der Waals surface area contributed by atoms with Crippen molar-refractivity contribution < 1.29 is 19.4 Å². The first-order chi connectivity index (χ1) is 15.0. The fourth-order valence-electron chi connectivity index (χ4n) is 5.63. The zero-order valence-electron chi connectivity index (χ0n) is 19.3. The highest BCUT2D eigenvalue weighted by Crippen LogP contribution is 3.02. The summed E-state index contributed by atoms with van der Waals surface area (Å²) < 4.78 is 64.6. The molecule has 6 heteroatoms. The van der Waals surface area contributed by atoms with Crippen LogP contribution in [0, 0.1) is 17.8 Å². The van der Waals surface area contributed by atoms with Crippen LogP contribution in [0.5, 0.6) is 0 Å². The smallest absolute Gasteiger partial charge is 0.0936 e. The van der Waals surface area contributed by atoms with Crippen molar-refractivity contribution in [2.24, 2.45) is 17.8 Å². The van der Waals surface area contributed by atoms with Gasteiger partial charge in [0.05, 0.1) is 0 Å². The van der Waals surface area contributed by atoms with E-state index in [1.54, 1.807) is 0 Å². The van der Waals surface area contributed by atoms with E-state index in [0.29, 0.717) is 23.6 Å². The number of benzene rings is 1. The predicted octanol–water partition coefficient (Wildman–Crippen LogP) is 11.1.